The number of hydrogen-bond donors (Lipinski definition) is 1. The van der Waals surface area contributed by atoms with Gasteiger partial charge in [-0.15, -0.1) is 0 Å². The summed E-state index contributed by atoms with van der Waals surface area (Å²) in [5.74, 6) is 2.89. The molecule has 5 aromatic rings. The Morgan fingerprint density at radius 2 is 1.95 bits per heavy atom. The molecule has 10 heteroatoms. The summed E-state index contributed by atoms with van der Waals surface area (Å²) in [5.41, 5.74) is 4.41. The van der Waals surface area contributed by atoms with Crippen molar-refractivity contribution in [2.24, 2.45) is 0 Å². The van der Waals surface area contributed by atoms with Gasteiger partial charge in [0.15, 0.2) is 18.4 Å². The minimum Gasteiger partial charge on any atom is -0.490 e. The van der Waals surface area contributed by atoms with Crippen LogP contribution in [0.5, 0.6) is 17.2 Å². The van der Waals surface area contributed by atoms with E-state index in [0.29, 0.717) is 11.6 Å². The molecule has 0 unspecified atom stereocenters. The molecule has 6 rings (SSSR count). The molecule has 0 atom stereocenters. The van der Waals surface area contributed by atoms with E-state index in [-0.39, 0.29) is 0 Å². The molecule has 1 N–H and O–H groups in total. The maximum Gasteiger partial charge on any atom is 0.248 e. The second-order valence-electron chi connectivity index (χ2n) is 9.01. The Hall–Kier alpha value is -4.57. The molecule has 0 saturated carbocycles. The number of fused-ring (bicyclic) bond motifs is 2. The highest BCUT2D eigenvalue weighted by Gasteiger charge is 2.24. The van der Waals surface area contributed by atoms with Crippen LogP contribution in [-0.2, 0) is 0 Å². The first-order chi connectivity index (χ1) is 18.1. The number of hydrogen-bond acceptors (Lipinski definition) is 8. The van der Waals surface area contributed by atoms with Crippen LogP contribution in [0.4, 0.5) is 17.2 Å². The van der Waals surface area contributed by atoms with Gasteiger partial charge in [0.1, 0.15) is 30.0 Å². The second kappa shape index (κ2) is 9.47. The van der Waals surface area contributed by atoms with Crippen molar-refractivity contribution in [3.63, 3.8) is 0 Å². The Kier molecular flexibility index (Phi) is 5.85. The molecular formula is C27H27N8O2+. The van der Waals surface area contributed by atoms with Crippen LogP contribution in [-0.4, -0.2) is 74.0 Å². The SMILES string of the molecule is COc1c([N+]2=CCN(C)CC2)ccc2ncnc(Nc3ccc(Oc4ccn5ncnc5c4)c(C)c3)c12. The third-order valence-corrected chi connectivity index (χ3v) is 6.50. The number of methoxy groups -OCH3 is 1. The van der Waals surface area contributed by atoms with Gasteiger partial charge in [-0.2, -0.15) is 9.67 Å². The van der Waals surface area contributed by atoms with E-state index in [1.807, 2.05) is 49.5 Å². The van der Waals surface area contributed by atoms with E-state index in [0.717, 1.165) is 64.6 Å². The molecule has 2 aromatic carbocycles. The first-order valence-corrected chi connectivity index (χ1v) is 12.0. The summed E-state index contributed by atoms with van der Waals surface area (Å²) in [5, 5.41) is 8.43. The molecule has 1 aliphatic heterocycles. The molecule has 4 heterocycles. The Labute approximate surface area is 213 Å². The fraction of sp³-hybridized carbons (Fsp3) is 0.222. The quantitative estimate of drug-likeness (QED) is 0.351. The molecular weight excluding hydrogens is 468 g/mol. The number of anilines is 2. The van der Waals surface area contributed by atoms with Crippen LogP contribution in [0.2, 0.25) is 0 Å². The zero-order valence-corrected chi connectivity index (χ0v) is 20.9. The molecule has 186 valence electrons. The average Bonchev–Trinajstić information content (AvgIpc) is 3.38. The molecule has 0 spiro atoms. The highest BCUT2D eigenvalue weighted by atomic mass is 16.5. The lowest BCUT2D eigenvalue weighted by Crippen LogP contribution is -2.35. The van der Waals surface area contributed by atoms with Crippen LogP contribution in [0.1, 0.15) is 5.56 Å². The van der Waals surface area contributed by atoms with Crippen LogP contribution in [0.25, 0.3) is 16.6 Å². The molecule has 0 fully saturated rings. The van der Waals surface area contributed by atoms with E-state index >= 15 is 0 Å². The van der Waals surface area contributed by atoms with E-state index in [1.54, 1.807) is 18.0 Å². The minimum absolute atomic E-state index is 0.683. The van der Waals surface area contributed by atoms with Crippen molar-refractivity contribution in [2.45, 2.75) is 6.92 Å². The number of nitrogens with one attached hydrogen (secondary N) is 1. The predicted octanol–water partition coefficient (Wildman–Crippen LogP) is 4.19. The van der Waals surface area contributed by atoms with E-state index in [2.05, 4.69) is 54.2 Å². The highest BCUT2D eigenvalue weighted by Crippen LogP contribution is 2.39. The molecule has 1 aliphatic rings. The van der Waals surface area contributed by atoms with Gasteiger partial charge >= 0.3 is 0 Å². The van der Waals surface area contributed by atoms with E-state index in [9.17, 15) is 0 Å². The summed E-state index contributed by atoms with van der Waals surface area (Å²) in [6.07, 6.45) is 7.09. The van der Waals surface area contributed by atoms with Crippen molar-refractivity contribution in [3.05, 3.63) is 66.9 Å². The van der Waals surface area contributed by atoms with Crippen molar-refractivity contribution >= 4 is 40.0 Å². The van der Waals surface area contributed by atoms with Crippen molar-refractivity contribution < 1.29 is 14.0 Å². The number of benzene rings is 2. The lowest BCUT2D eigenvalue weighted by molar-refractivity contribution is -0.443. The predicted molar refractivity (Wildman–Crippen MR) is 142 cm³/mol. The lowest BCUT2D eigenvalue weighted by atomic mass is 10.1. The topological polar surface area (TPSA) is 92.7 Å². The molecule has 0 aliphatic carbocycles. The van der Waals surface area contributed by atoms with Crippen molar-refractivity contribution in [3.8, 4) is 17.2 Å². The highest BCUT2D eigenvalue weighted by molar-refractivity contribution is 5.98. The molecule has 3 aromatic heterocycles. The first-order valence-electron chi connectivity index (χ1n) is 12.0. The van der Waals surface area contributed by atoms with Gasteiger partial charge in [-0.1, -0.05) is 0 Å². The number of rotatable bonds is 6. The van der Waals surface area contributed by atoms with Gasteiger partial charge in [0.05, 0.1) is 31.1 Å². The first kappa shape index (κ1) is 22.9. The number of ether oxygens (including phenoxy) is 2. The van der Waals surface area contributed by atoms with Crippen molar-refractivity contribution in [1.29, 1.82) is 0 Å². The summed E-state index contributed by atoms with van der Waals surface area (Å²) in [6.45, 7) is 4.77. The number of pyridine rings is 1. The van der Waals surface area contributed by atoms with Gasteiger partial charge in [0.2, 0.25) is 11.4 Å². The van der Waals surface area contributed by atoms with Crippen LogP contribution < -0.4 is 14.8 Å². The maximum atomic E-state index is 6.12. The van der Waals surface area contributed by atoms with Crippen LogP contribution in [0.3, 0.4) is 0 Å². The molecule has 0 radical (unpaired) electrons. The van der Waals surface area contributed by atoms with Gasteiger partial charge in [-0.05, 0) is 49.9 Å². The molecule has 0 bridgehead atoms. The number of nitrogens with zero attached hydrogens (tertiary/aromatic N) is 7. The molecule has 37 heavy (non-hydrogen) atoms. The zero-order chi connectivity index (χ0) is 25.4. The fourth-order valence-electron chi connectivity index (χ4n) is 4.52. The van der Waals surface area contributed by atoms with Crippen LogP contribution in [0, 0.1) is 6.92 Å². The molecule has 10 nitrogen and oxygen atoms in total. The second-order valence-corrected chi connectivity index (χ2v) is 9.01. The third kappa shape index (κ3) is 4.43. The monoisotopic (exact) mass is 495 g/mol. The van der Waals surface area contributed by atoms with E-state index in [1.165, 1.54) is 6.33 Å². The van der Waals surface area contributed by atoms with Crippen molar-refractivity contribution in [2.75, 3.05) is 39.1 Å². The van der Waals surface area contributed by atoms with Gasteiger partial charge in [0.25, 0.3) is 0 Å². The summed E-state index contributed by atoms with van der Waals surface area (Å²) in [4.78, 5) is 15.6. The Morgan fingerprint density at radius 3 is 2.76 bits per heavy atom. The van der Waals surface area contributed by atoms with Crippen LogP contribution >= 0.6 is 0 Å². The van der Waals surface area contributed by atoms with E-state index in [4.69, 9.17) is 9.47 Å². The Balaban J connectivity index is 1.31. The summed E-state index contributed by atoms with van der Waals surface area (Å²) in [7, 11) is 3.81. The van der Waals surface area contributed by atoms with Gasteiger partial charge in [-0.25, -0.2) is 19.5 Å². The minimum atomic E-state index is 0.683. The Morgan fingerprint density at radius 1 is 1.03 bits per heavy atom. The summed E-state index contributed by atoms with van der Waals surface area (Å²) >= 11 is 0. The van der Waals surface area contributed by atoms with Gasteiger partial charge in [-0.3, -0.25) is 4.90 Å². The van der Waals surface area contributed by atoms with E-state index < -0.39 is 0 Å². The normalized spacial score (nSPS) is 14.1. The number of aromatic nitrogens is 5. The van der Waals surface area contributed by atoms with Gasteiger partial charge in [0, 0.05) is 24.0 Å². The summed E-state index contributed by atoms with van der Waals surface area (Å²) in [6, 6.07) is 13.7. The molecule has 0 saturated heterocycles. The standard InChI is InChI=1S/C27H27N8O2/c1-18-14-19(4-7-23(18)37-20-8-9-35-24(15-20)29-17-31-35)32-27-25-21(28-16-30-27)5-6-22(26(25)36-3)34-12-10-33(2)11-13-34/h4-9,12,14-17H,10-11,13H2,1-3H3,(H,28,30,32)/q+1. The largest absolute Gasteiger partial charge is 0.490 e. The smallest absolute Gasteiger partial charge is 0.248 e. The van der Waals surface area contributed by atoms with Gasteiger partial charge < -0.3 is 14.8 Å². The number of aryl methyl sites for hydroxylation is 1. The maximum absolute atomic E-state index is 6.12. The number of likely N-dealkylation sites (N-methyl/N-ethyl adjacent to an activating group) is 1. The zero-order valence-electron chi connectivity index (χ0n) is 20.9. The fourth-order valence-corrected chi connectivity index (χ4v) is 4.52. The lowest BCUT2D eigenvalue weighted by Gasteiger charge is -2.19. The third-order valence-electron chi connectivity index (χ3n) is 6.50. The van der Waals surface area contributed by atoms with Crippen LogP contribution in [0.15, 0.2) is 61.3 Å². The molecule has 0 amide bonds. The summed E-state index contributed by atoms with van der Waals surface area (Å²) < 4.78 is 16.0. The average molecular weight is 496 g/mol. The Bertz CT molecular complexity index is 1640. The van der Waals surface area contributed by atoms with Crippen molar-refractivity contribution in [1.82, 2.24) is 29.5 Å².